The van der Waals surface area contributed by atoms with E-state index in [1.807, 2.05) is 38.1 Å². The molecule has 0 saturated heterocycles. The Balaban J connectivity index is 1.91. The van der Waals surface area contributed by atoms with E-state index in [-0.39, 0.29) is 35.7 Å². The van der Waals surface area contributed by atoms with E-state index in [2.05, 4.69) is 15.8 Å². The van der Waals surface area contributed by atoms with Gasteiger partial charge in [-0.2, -0.15) is 0 Å². The van der Waals surface area contributed by atoms with Gasteiger partial charge in [-0.1, -0.05) is 31.1 Å². The number of aliphatic hydroxyl groups is 1. The first-order chi connectivity index (χ1) is 21.7. The van der Waals surface area contributed by atoms with Crippen molar-refractivity contribution in [3.05, 3.63) is 94.6 Å². The standard InChI is InChI=1S/C33H42F2N4O6S/c1-21(2)20-45-38-22(3)25-14-26(16-29(15-25)39(4)46(6,42)43)33(41)37-31(13-24-10-27(34)17-28(35)11-24)32(40)19-36-18-23-8-7-9-30(12-23)44-5/h7-12,14-17,21,31-32,36,40H,13,18-20H2,1-6H3,(H,37,41)/t31-,32+/m0/s1. The van der Waals surface area contributed by atoms with Crippen LogP contribution >= 0.6 is 0 Å². The van der Waals surface area contributed by atoms with Gasteiger partial charge in [0, 0.05) is 37.3 Å². The molecule has 3 rings (SSSR count). The number of carbonyl (C=O) groups is 1. The molecule has 10 nitrogen and oxygen atoms in total. The molecule has 1 amide bonds. The molecule has 13 heteroatoms. The van der Waals surface area contributed by atoms with E-state index < -0.39 is 39.7 Å². The molecule has 0 bridgehead atoms. The third-order valence-corrected chi connectivity index (χ3v) is 8.25. The maximum Gasteiger partial charge on any atom is 0.251 e. The molecule has 0 aliphatic carbocycles. The van der Waals surface area contributed by atoms with Gasteiger partial charge in [0.15, 0.2) is 0 Å². The van der Waals surface area contributed by atoms with Crippen molar-refractivity contribution in [2.24, 2.45) is 11.1 Å². The lowest BCUT2D eigenvalue weighted by Crippen LogP contribution is -2.48. The average molecular weight is 661 g/mol. The molecule has 0 fully saturated rings. The van der Waals surface area contributed by atoms with Crippen molar-refractivity contribution in [3.63, 3.8) is 0 Å². The lowest BCUT2D eigenvalue weighted by atomic mass is 9.99. The molecule has 2 atom stereocenters. The number of nitrogens with zero attached hydrogens (tertiary/aromatic N) is 2. The van der Waals surface area contributed by atoms with Gasteiger partial charge < -0.3 is 25.3 Å². The van der Waals surface area contributed by atoms with Crippen LogP contribution in [0.15, 0.2) is 65.8 Å². The van der Waals surface area contributed by atoms with Crippen LogP contribution < -0.4 is 19.7 Å². The van der Waals surface area contributed by atoms with Crippen molar-refractivity contribution in [3.8, 4) is 5.75 Å². The monoisotopic (exact) mass is 660 g/mol. The van der Waals surface area contributed by atoms with Gasteiger partial charge >= 0.3 is 0 Å². The normalized spacial score (nSPS) is 13.3. The number of benzene rings is 3. The van der Waals surface area contributed by atoms with E-state index in [9.17, 15) is 27.1 Å². The van der Waals surface area contributed by atoms with Crippen LogP contribution in [0, 0.1) is 17.6 Å². The van der Waals surface area contributed by atoms with Crippen LogP contribution in [0.1, 0.15) is 47.8 Å². The lowest BCUT2D eigenvalue weighted by molar-refractivity contribution is 0.0829. The predicted octanol–water partition coefficient (Wildman–Crippen LogP) is 4.26. The molecule has 3 N–H and O–H groups in total. The minimum atomic E-state index is -3.69. The summed E-state index contributed by atoms with van der Waals surface area (Å²) < 4.78 is 59.1. The highest BCUT2D eigenvalue weighted by molar-refractivity contribution is 7.92. The topological polar surface area (TPSA) is 130 Å². The van der Waals surface area contributed by atoms with Gasteiger partial charge in [-0.05, 0) is 72.9 Å². The Labute approximate surface area is 269 Å². The molecule has 0 aliphatic heterocycles. The van der Waals surface area contributed by atoms with Gasteiger partial charge in [0.1, 0.15) is 24.0 Å². The highest BCUT2D eigenvalue weighted by Gasteiger charge is 2.25. The summed E-state index contributed by atoms with van der Waals surface area (Å²) in [5, 5.41) is 21.2. The van der Waals surface area contributed by atoms with Crippen LogP contribution in [-0.4, -0.2) is 70.9 Å². The number of anilines is 1. The smallest absolute Gasteiger partial charge is 0.251 e. The lowest BCUT2D eigenvalue weighted by Gasteiger charge is -2.26. The highest BCUT2D eigenvalue weighted by atomic mass is 32.2. The number of aliphatic hydroxyl groups excluding tert-OH is 1. The molecule has 0 unspecified atom stereocenters. The molecule has 3 aromatic rings. The largest absolute Gasteiger partial charge is 0.497 e. The number of nitrogens with one attached hydrogen (secondary N) is 2. The van der Waals surface area contributed by atoms with Gasteiger partial charge in [-0.3, -0.25) is 9.10 Å². The summed E-state index contributed by atoms with van der Waals surface area (Å²) >= 11 is 0. The summed E-state index contributed by atoms with van der Waals surface area (Å²) in [7, 11) is -0.770. The van der Waals surface area contributed by atoms with Gasteiger partial charge in [-0.15, -0.1) is 0 Å². The number of hydrogen-bond donors (Lipinski definition) is 3. The molecule has 0 saturated carbocycles. The third kappa shape index (κ3) is 11.1. The molecule has 0 radical (unpaired) electrons. The Morgan fingerprint density at radius 1 is 1.02 bits per heavy atom. The number of methoxy groups -OCH3 is 1. The number of ether oxygens (including phenoxy) is 1. The molecule has 3 aromatic carbocycles. The van der Waals surface area contributed by atoms with E-state index in [4.69, 9.17) is 9.57 Å². The molecule has 0 aliphatic rings. The second kappa shape index (κ2) is 16.5. The number of amides is 1. The van der Waals surface area contributed by atoms with Gasteiger partial charge in [0.25, 0.3) is 5.91 Å². The average Bonchev–Trinajstić information content (AvgIpc) is 2.98. The predicted molar refractivity (Wildman–Crippen MR) is 175 cm³/mol. The van der Waals surface area contributed by atoms with Crippen LogP contribution in [0.2, 0.25) is 0 Å². The maximum atomic E-state index is 14.0. The Hall–Kier alpha value is -4.07. The first kappa shape index (κ1) is 36.4. The van der Waals surface area contributed by atoms with E-state index >= 15 is 0 Å². The number of sulfonamides is 1. The Kier molecular flexibility index (Phi) is 13.0. The van der Waals surface area contributed by atoms with Crippen LogP contribution in [0.25, 0.3) is 0 Å². The van der Waals surface area contributed by atoms with Crippen molar-refractivity contribution in [1.82, 2.24) is 10.6 Å². The number of halogens is 2. The van der Waals surface area contributed by atoms with E-state index in [0.29, 0.717) is 30.2 Å². The first-order valence-corrected chi connectivity index (χ1v) is 16.5. The van der Waals surface area contributed by atoms with Crippen molar-refractivity contribution in [2.45, 2.75) is 45.9 Å². The Bertz CT molecular complexity index is 1610. The maximum absolute atomic E-state index is 14.0. The number of carbonyl (C=O) groups excluding carboxylic acids is 1. The summed E-state index contributed by atoms with van der Waals surface area (Å²) in [6.07, 6.45) is -0.244. The summed E-state index contributed by atoms with van der Waals surface area (Å²) in [6.45, 7) is 6.37. The Morgan fingerprint density at radius 3 is 2.33 bits per heavy atom. The van der Waals surface area contributed by atoms with Gasteiger partial charge in [-0.25, -0.2) is 17.2 Å². The fraction of sp³-hybridized carbons (Fsp3) is 0.394. The van der Waals surface area contributed by atoms with Crippen LogP contribution in [0.3, 0.4) is 0 Å². The van der Waals surface area contributed by atoms with Crippen molar-refractivity contribution < 1.29 is 36.7 Å². The van der Waals surface area contributed by atoms with Crippen LogP contribution in [0.4, 0.5) is 14.5 Å². The molecule has 250 valence electrons. The summed E-state index contributed by atoms with van der Waals surface area (Å²) in [5.41, 5.74) is 2.25. The zero-order valence-corrected chi connectivity index (χ0v) is 27.7. The second-order valence-electron chi connectivity index (χ2n) is 11.5. The van der Waals surface area contributed by atoms with Gasteiger partial charge in [0.05, 0.1) is 36.9 Å². The zero-order chi connectivity index (χ0) is 34.0. The number of oxime groups is 1. The summed E-state index contributed by atoms with van der Waals surface area (Å²) in [6, 6.07) is 13.9. The quantitative estimate of drug-likeness (QED) is 0.155. The van der Waals surface area contributed by atoms with E-state index in [1.165, 1.54) is 19.2 Å². The van der Waals surface area contributed by atoms with Crippen molar-refractivity contribution in [1.29, 1.82) is 0 Å². The van der Waals surface area contributed by atoms with Crippen molar-refractivity contribution in [2.75, 3.05) is 37.9 Å². The van der Waals surface area contributed by atoms with E-state index in [1.54, 1.807) is 20.1 Å². The molecular weight excluding hydrogens is 618 g/mol. The zero-order valence-electron chi connectivity index (χ0n) is 26.9. The van der Waals surface area contributed by atoms with Gasteiger partial charge in [0.2, 0.25) is 10.0 Å². The fourth-order valence-corrected chi connectivity index (χ4v) is 4.96. The summed E-state index contributed by atoms with van der Waals surface area (Å²) in [5.74, 6) is -1.33. The van der Waals surface area contributed by atoms with E-state index in [0.717, 1.165) is 34.3 Å². The second-order valence-corrected chi connectivity index (χ2v) is 13.5. The molecule has 0 aromatic heterocycles. The minimum Gasteiger partial charge on any atom is -0.497 e. The SMILES string of the molecule is COc1cccc(CNC[C@@H](O)[C@H](Cc2cc(F)cc(F)c2)NC(=O)c2cc(C(C)=NOCC(C)C)cc(N(C)S(C)(=O)=O)c2)c1. The molecule has 46 heavy (non-hydrogen) atoms. The molecular formula is C33H42F2N4O6S. The molecule has 0 spiro atoms. The van der Waals surface area contributed by atoms with Crippen LogP contribution in [0.5, 0.6) is 5.75 Å². The number of hydrogen-bond acceptors (Lipinski definition) is 8. The van der Waals surface area contributed by atoms with Crippen LogP contribution in [-0.2, 0) is 27.8 Å². The Morgan fingerprint density at radius 2 is 1.70 bits per heavy atom. The fourth-order valence-electron chi connectivity index (χ4n) is 4.47. The van der Waals surface area contributed by atoms with Crippen molar-refractivity contribution >= 4 is 27.3 Å². The number of rotatable bonds is 16. The summed E-state index contributed by atoms with van der Waals surface area (Å²) in [4.78, 5) is 19.1. The third-order valence-electron chi connectivity index (χ3n) is 7.04. The minimum absolute atomic E-state index is 0.0288. The highest BCUT2D eigenvalue weighted by Crippen LogP contribution is 2.22. The first-order valence-electron chi connectivity index (χ1n) is 14.7. The molecule has 0 heterocycles.